The second-order valence-electron chi connectivity index (χ2n) is 7.85. The first-order chi connectivity index (χ1) is 16.7. The zero-order valence-electron chi connectivity index (χ0n) is 18.6. The SMILES string of the molecule is O=C(CCOCCNC(=O)OCC1c2ccccc2-c2ccccc21)NCC(C(=O)O)C(F)(F)F. The lowest BCUT2D eigenvalue weighted by atomic mass is 9.98. The van der Waals surface area contributed by atoms with E-state index in [0.717, 1.165) is 22.3 Å². The first-order valence-corrected chi connectivity index (χ1v) is 10.9. The van der Waals surface area contributed by atoms with Crippen LogP contribution in [-0.2, 0) is 19.1 Å². The molecular formula is C24H25F3N2O6. The van der Waals surface area contributed by atoms with Crippen molar-refractivity contribution in [3.8, 4) is 11.1 Å². The van der Waals surface area contributed by atoms with Crippen LogP contribution in [0.5, 0.6) is 0 Å². The van der Waals surface area contributed by atoms with Gasteiger partial charge in [-0.1, -0.05) is 48.5 Å². The number of nitrogens with one attached hydrogen (secondary N) is 2. The Balaban J connectivity index is 1.31. The molecule has 1 aliphatic rings. The molecule has 2 aromatic rings. The van der Waals surface area contributed by atoms with Crippen LogP contribution in [0.3, 0.4) is 0 Å². The summed E-state index contributed by atoms with van der Waals surface area (Å²) in [5.74, 6) is -5.58. The molecule has 2 aromatic carbocycles. The van der Waals surface area contributed by atoms with Crippen molar-refractivity contribution in [2.45, 2.75) is 18.5 Å². The molecule has 1 aliphatic carbocycles. The van der Waals surface area contributed by atoms with Crippen LogP contribution in [0.15, 0.2) is 48.5 Å². The quantitative estimate of drug-likeness (QED) is 0.413. The van der Waals surface area contributed by atoms with Gasteiger partial charge >= 0.3 is 18.2 Å². The molecule has 0 saturated heterocycles. The number of rotatable bonds is 11. The van der Waals surface area contributed by atoms with Crippen LogP contribution >= 0.6 is 0 Å². The third-order valence-corrected chi connectivity index (χ3v) is 5.53. The van der Waals surface area contributed by atoms with Crippen LogP contribution in [0.4, 0.5) is 18.0 Å². The van der Waals surface area contributed by atoms with Gasteiger partial charge in [0, 0.05) is 25.4 Å². The maximum atomic E-state index is 12.6. The molecule has 0 aliphatic heterocycles. The van der Waals surface area contributed by atoms with E-state index in [4.69, 9.17) is 14.6 Å². The molecule has 1 atom stereocenters. The van der Waals surface area contributed by atoms with Crippen molar-refractivity contribution in [3.05, 3.63) is 59.7 Å². The third kappa shape index (κ3) is 6.95. The summed E-state index contributed by atoms with van der Waals surface area (Å²) in [6.45, 7) is -0.843. The number of ether oxygens (including phenoxy) is 2. The van der Waals surface area contributed by atoms with Crippen LogP contribution in [0.1, 0.15) is 23.5 Å². The molecule has 0 aromatic heterocycles. The van der Waals surface area contributed by atoms with Crippen molar-refractivity contribution in [2.75, 3.05) is 32.9 Å². The first kappa shape index (κ1) is 26.0. The number of carbonyl (C=O) groups is 3. The molecule has 11 heteroatoms. The van der Waals surface area contributed by atoms with E-state index in [-0.39, 0.29) is 38.7 Å². The molecule has 0 bridgehead atoms. The Morgan fingerprint density at radius 1 is 0.943 bits per heavy atom. The van der Waals surface area contributed by atoms with Gasteiger partial charge in [0.2, 0.25) is 5.91 Å². The van der Waals surface area contributed by atoms with E-state index in [1.165, 1.54) is 0 Å². The number of halogens is 3. The maximum absolute atomic E-state index is 12.6. The lowest BCUT2D eigenvalue weighted by Crippen LogP contribution is -2.41. The van der Waals surface area contributed by atoms with Gasteiger partial charge in [-0.25, -0.2) is 4.79 Å². The van der Waals surface area contributed by atoms with Crippen LogP contribution < -0.4 is 10.6 Å². The number of benzene rings is 2. The highest BCUT2D eigenvalue weighted by Crippen LogP contribution is 2.44. The fraction of sp³-hybridized carbons (Fsp3) is 0.375. The van der Waals surface area contributed by atoms with Gasteiger partial charge in [-0.05, 0) is 22.3 Å². The van der Waals surface area contributed by atoms with Gasteiger partial charge in [0.25, 0.3) is 0 Å². The monoisotopic (exact) mass is 494 g/mol. The minimum Gasteiger partial charge on any atom is -0.481 e. The van der Waals surface area contributed by atoms with Crippen molar-refractivity contribution in [3.63, 3.8) is 0 Å². The molecule has 0 spiro atoms. The van der Waals surface area contributed by atoms with Crippen molar-refractivity contribution in [1.82, 2.24) is 10.6 Å². The number of fused-ring (bicyclic) bond motifs is 3. The molecule has 35 heavy (non-hydrogen) atoms. The third-order valence-electron chi connectivity index (χ3n) is 5.53. The number of carboxylic acids is 1. The second-order valence-corrected chi connectivity index (χ2v) is 7.85. The summed E-state index contributed by atoms with van der Waals surface area (Å²) in [6, 6.07) is 15.9. The van der Waals surface area contributed by atoms with Crippen LogP contribution in [0.2, 0.25) is 0 Å². The standard InChI is InChI=1S/C24H25F3N2O6/c25-24(26,27)20(22(31)32)13-29-21(30)9-11-34-12-10-28-23(33)35-14-19-17-7-3-1-5-15(17)16-6-2-4-8-18(16)19/h1-8,19-20H,9-14H2,(H,28,33)(H,29,30)(H,31,32). The fourth-order valence-electron chi connectivity index (χ4n) is 3.79. The van der Waals surface area contributed by atoms with Crippen molar-refractivity contribution in [1.29, 1.82) is 0 Å². The highest BCUT2D eigenvalue weighted by molar-refractivity contribution is 5.79. The van der Waals surface area contributed by atoms with E-state index in [2.05, 4.69) is 5.32 Å². The van der Waals surface area contributed by atoms with Crippen LogP contribution in [0.25, 0.3) is 11.1 Å². The van der Waals surface area contributed by atoms with E-state index < -0.39 is 36.6 Å². The summed E-state index contributed by atoms with van der Waals surface area (Å²) in [4.78, 5) is 34.3. The van der Waals surface area contributed by atoms with Crippen molar-refractivity contribution in [2.24, 2.45) is 5.92 Å². The molecule has 0 saturated carbocycles. The fourth-order valence-corrected chi connectivity index (χ4v) is 3.79. The zero-order chi connectivity index (χ0) is 25.4. The minimum atomic E-state index is -4.96. The van der Waals surface area contributed by atoms with E-state index in [1.54, 1.807) is 0 Å². The summed E-state index contributed by atoms with van der Waals surface area (Å²) in [5, 5.41) is 13.0. The van der Waals surface area contributed by atoms with Gasteiger partial charge in [-0.15, -0.1) is 0 Å². The Morgan fingerprint density at radius 3 is 2.11 bits per heavy atom. The van der Waals surface area contributed by atoms with Gasteiger partial charge in [0.15, 0.2) is 5.92 Å². The molecule has 3 N–H and O–H groups in total. The molecular weight excluding hydrogens is 469 g/mol. The molecule has 0 fully saturated rings. The van der Waals surface area contributed by atoms with Gasteiger partial charge in [0.05, 0.1) is 13.2 Å². The van der Waals surface area contributed by atoms with E-state index in [0.29, 0.717) is 0 Å². The number of amides is 2. The lowest BCUT2D eigenvalue weighted by molar-refractivity contribution is -0.192. The summed E-state index contributed by atoms with van der Waals surface area (Å²) in [5.41, 5.74) is 4.42. The molecule has 0 heterocycles. The number of carbonyl (C=O) groups excluding carboxylic acids is 2. The first-order valence-electron chi connectivity index (χ1n) is 10.9. The summed E-state index contributed by atoms with van der Waals surface area (Å²) >= 11 is 0. The number of alkyl carbamates (subject to hydrolysis) is 1. The Morgan fingerprint density at radius 2 is 1.54 bits per heavy atom. The Hall–Kier alpha value is -3.60. The van der Waals surface area contributed by atoms with E-state index in [1.807, 2.05) is 53.8 Å². The number of hydrogen-bond donors (Lipinski definition) is 3. The molecule has 188 valence electrons. The van der Waals surface area contributed by atoms with Gasteiger partial charge in [-0.3, -0.25) is 9.59 Å². The average Bonchev–Trinajstić information content (AvgIpc) is 3.12. The van der Waals surface area contributed by atoms with Crippen LogP contribution in [-0.4, -0.2) is 62.2 Å². The molecule has 3 rings (SSSR count). The average molecular weight is 494 g/mol. The predicted molar refractivity (Wildman–Crippen MR) is 119 cm³/mol. The minimum absolute atomic E-state index is 0.0534. The number of carboxylic acid groups (broad SMARTS) is 1. The zero-order valence-corrected chi connectivity index (χ0v) is 18.6. The lowest BCUT2D eigenvalue weighted by Gasteiger charge is -2.16. The molecule has 0 radical (unpaired) electrons. The van der Waals surface area contributed by atoms with Crippen molar-refractivity contribution < 1.29 is 42.1 Å². The van der Waals surface area contributed by atoms with Crippen LogP contribution in [0, 0.1) is 5.92 Å². The second kappa shape index (κ2) is 11.7. The Labute approximate surface area is 199 Å². The maximum Gasteiger partial charge on any atom is 0.407 e. The number of aliphatic carboxylic acids is 1. The Bertz CT molecular complexity index is 1010. The summed E-state index contributed by atoms with van der Waals surface area (Å²) < 4.78 is 48.2. The largest absolute Gasteiger partial charge is 0.481 e. The van der Waals surface area contributed by atoms with E-state index >= 15 is 0 Å². The van der Waals surface area contributed by atoms with Gasteiger partial charge in [0.1, 0.15) is 6.61 Å². The Kier molecular flexibility index (Phi) is 8.69. The summed E-state index contributed by atoms with van der Waals surface area (Å²) in [7, 11) is 0. The molecule has 2 amide bonds. The molecule has 8 nitrogen and oxygen atoms in total. The highest BCUT2D eigenvalue weighted by Gasteiger charge is 2.45. The van der Waals surface area contributed by atoms with Gasteiger partial charge < -0.3 is 25.2 Å². The predicted octanol–water partition coefficient (Wildman–Crippen LogP) is 3.31. The van der Waals surface area contributed by atoms with E-state index in [9.17, 15) is 27.6 Å². The topological polar surface area (TPSA) is 114 Å². The normalized spacial score (nSPS) is 13.5. The summed E-state index contributed by atoms with van der Waals surface area (Å²) in [6.07, 6.45) is -5.84. The molecule has 1 unspecified atom stereocenters. The number of alkyl halides is 3. The van der Waals surface area contributed by atoms with Crippen molar-refractivity contribution >= 4 is 18.0 Å². The smallest absolute Gasteiger partial charge is 0.407 e. The highest BCUT2D eigenvalue weighted by atomic mass is 19.4. The number of hydrogen-bond acceptors (Lipinski definition) is 5. The van der Waals surface area contributed by atoms with Gasteiger partial charge in [-0.2, -0.15) is 13.2 Å².